The van der Waals surface area contributed by atoms with Crippen LogP contribution in [0.25, 0.3) is 0 Å². The maximum atomic E-state index is 13.0. The summed E-state index contributed by atoms with van der Waals surface area (Å²) in [6.45, 7) is 3.98. The summed E-state index contributed by atoms with van der Waals surface area (Å²) in [5, 5.41) is 0. The first-order valence-corrected chi connectivity index (χ1v) is 13.0. The van der Waals surface area contributed by atoms with Crippen molar-refractivity contribution >= 4 is 15.5 Å². The van der Waals surface area contributed by atoms with Crippen LogP contribution in [0.3, 0.4) is 0 Å². The van der Waals surface area contributed by atoms with Crippen LogP contribution >= 0.6 is 0 Å². The van der Waals surface area contributed by atoms with Gasteiger partial charge in [-0.1, -0.05) is 48.5 Å². The van der Waals surface area contributed by atoms with Gasteiger partial charge in [-0.25, -0.2) is 8.42 Å². The molecular formula is C26H27F3N2O2S. The summed E-state index contributed by atoms with van der Waals surface area (Å²) in [7, 11) is -3.32. The Morgan fingerprint density at radius 1 is 0.912 bits per heavy atom. The molecule has 0 N–H and O–H groups in total. The molecule has 0 amide bonds. The van der Waals surface area contributed by atoms with Gasteiger partial charge in [0.1, 0.15) is 0 Å². The molecule has 0 saturated carbocycles. The molecule has 3 aromatic carbocycles. The zero-order valence-corrected chi connectivity index (χ0v) is 19.9. The minimum atomic E-state index is -4.36. The van der Waals surface area contributed by atoms with E-state index in [-0.39, 0.29) is 17.0 Å². The molecular weight excluding hydrogens is 461 g/mol. The highest BCUT2D eigenvalue weighted by Crippen LogP contribution is 2.36. The smallest absolute Gasteiger partial charge is 0.368 e. The van der Waals surface area contributed by atoms with Gasteiger partial charge in [-0.15, -0.1) is 0 Å². The van der Waals surface area contributed by atoms with E-state index < -0.39 is 21.6 Å². The summed E-state index contributed by atoms with van der Waals surface area (Å²) in [4.78, 5) is 4.75. The molecule has 4 rings (SSSR count). The lowest BCUT2D eigenvalue weighted by Crippen LogP contribution is -2.49. The Bertz CT molecular complexity index is 1230. The Morgan fingerprint density at radius 3 is 2.21 bits per heavy atom. The van der Waals surface area contributed by atoms with E-state index in [1.54, 1.807) is 30.3 Å². The van der Waals surface area contributed by atoms with Crippen molar-refractivity contribution in [2.75, 3.05) is 30.8 Å². The number of halogens is 3. The number of piperazine rings is 1. The molecule has 0 radical (unpaired) electrons. The average molecular weight is 489 g/mol. The fourth-order valence-electron chi connectivity index (χ4n) is 4.52. The first kappa shape index (κ1) is 24.3. The normalized spacial score (nSPS) is 18.6. The standard InChI is InChI=1S/C26H27F3N2O2S/c1-19(20-11-13-22(14-12-20)26(27,28)29)31-16-15-30(18-25(31)21-7-4-3-5-8-21)23-9-6-10-24(17-23)34(2,32)33/h3-14,17,19,25H,15-16,18H2,1-2H3/t19-,25-/m0/s1. The van der Waals surface area contributed by atoms with Gasteiger partial charge < -0.3 is 4.90 Å². The average Bonchev–Trinajstić information content (AvgIpc) is 2.83. The second-order valence-corrected chi connectivity index (χ2v) is 10.7. The van der Waals surface area contributed by atoms with Gasteiger partial charge in [-0.3, -0.25) is 4.90 Å². The Hall–Kier alpha value is -2.84. The largest absolute Gasteiger partial charge is 0.416 e. The molecule has 34 heavy (non-hydrogen) atoms. The third-order valence-electron chi connectivity index (χ3n) is 6.43. The van der Waals surface area contributed by atoms with Gasteiger partial charge in [0.15, 0.2) is 9.84 Å². The highest BCUT2D eigenvalue weighted by atomic mass is 32.2. The van der Waals surface area contributed by atoms with Gasteiger partial charge >= 0.3 is 6.18 Å². The number of hydrogen-bond donors (Lipinski definition) is 0. The van der Waals surface area contributed by atoms with Crippen molar-refractivity contribution in [2.24, 2.45) is 0 Å². The van der Waals surface area contributed by atoms with E-state index in [1.165, 1.54) is 6.26 Å². The molecule has 1 heterocycles. The zero-order valence-electron chi connectivity index (χ0n) is 19.0. The van der Waals surface area contributed by atoms with Crippen LogP contribution in [0.1, 0.15) is 35.7 Å². The molecule has 0 spiro atoms. The van der Waals surface area contributed by atoms with Gasteiger partial charge in [0, 0.05) is 37.6 Å². The van der Waals surface area contributed by atoms with Gasteiger partial charge in [0.2, 0.25) is 0 Å². The van der Waals surface area contributed by atoms with Crippen LogP contribution in [-0.2, 0) is 16.0 Å². The Morgan fingerprint density at radius 2 is 1.59 bits per heavy atom. The summed E-state index contributed by atoms with van der Waals surface area (Å²) >= 11 is 0. The van der Waals surface area contributed by atoms with Crippen molar-refractivity contribution in [2.45, 2.75) is 30.1 Å². The molecule has 8 heteroatoms. The summed E-state index contributed by atoms with van der Waals surface area (Å²) in [5.41, 5.74) is 2.11. The van der Waals surface area contributed by atoms with Crippen LogP contribution in [0.2, 0.25) is 0 Å². The summed E-state index contributed by atoms with van der Waals surface area (Å²) in [5.74, 6) is 0. The minimum Gasteiger partial charge on any atom is -0.368 e. The maximum absolute atomic E-state index is 13.0. The van der Waals surface area contributed by atoms with Crippen LogP contribution in [0.5, 0.6) is 0 Å². The number of hydrogen-bond acceptors (Lipinski definition) is 4. The van der Waals surface area contributed by atoms with Crippen LogP contribution in [0.15, 0.2) is 83.8 Å². The minimum absolute atomic E-state index is 0.0193. The van der Waals surface area contributed by atoms with Crippen molar-refractivity contribution in [3.8, 4) is 0 Å². The predicted octanol–water partition coefficient (Wildman–Crippen LogP) is 5.73. The van der Waals surface area contributed by atoms with Gasteiger partial charge in [-0.05, 0) is 48.4 Å². The van der Waals surface area contributed by atoms with E-state index in [1.807, 2.05) is 43.3 Å². The predicted molar refractivity (Wildman–Crippen MR) is 128 cm³/mol. The molecule has 0 bridgehead atoms. The van der Waals surface area contributed by atoms with E-state index in [9.17, 15) is 21.6 Å². The van der Waals surface area contributed by atoms with Crippen molar-refractivity contribution in [3.05, 3.63) is 95.6 Å². The lowest BCUT2D eigenvalue weighted by Gasteiger charge is -2.45. The van der Waals surface area contributed by atoms with Gasteiger partial charge in [-0.2, -0.15) is 13.2 Å². The third-order valence-corrected chi connectivity index (χ3v) is 7.55. The molecule has 4 nitrogen and oxygen atoms in total. The van der Waals surface area contributed by atoms with Crippen molar-refractivity contribution in [1.82, 2.24) is 4.90 Å². The Kier molecular flexibility index (Phi) is 6.73. The van der Waals surface area contributed by atoms with Gasteiger partial charge in [0.25, 0.3) is 0 Å². The summed E-state index contributed by atoms with van der Waals surface area (Å²) in [6.07, 6.45) is -3.16. The SMILES string of the molecule is C[C@@H](c1ccc(C(F)(F)F)cc1)N1CCN(c2cccc(S(C)(=O)=O)c2)C[C@H]1c1ccccc1. The fraction of sp³-hybridized carbons (Fsp3) is 0.308. The first-order valence-electron chi connectivity index (χ1n) is 11.1. The van der Waals surface area contributed by atoms with E-state index in [0.29, 0.717) is 19.6 Å². The Labute approximate surface area is 198 Å². The van der Waals surface area contributed by atoms with Gasteiger partial charge in [0.05, 0.1) is 16.5 Å². The summed E-state index contributed by atoms with van der Waals surface area (Å²) < 4.78 is 63.1. The third kappa shape index (κ3) is 5.28. The van der Waals surface area contributed by atoms with Crippen LogP contribution in [-0.4, -0.2) is 39.2 Å². The molecule has 1 aliphatic heterocycles. The van der Waals surface area contributed by atoms with E-state index in [2.05, 4.69) is 9.80 Å². The fourth-order valence-corrected chi connectivity index (χ4v) is 5.18. The second kappa shape index (κ2) is 9.43. The van der Waals surface area contributed by atoms with Crippen molar-refractivity contribution in [3.63, 3.8) is 0 Å². The van der Waals surface area contributed by atoms with Crippen LogP contribution < -0.4 is 4.90 Å². The van der Waals surface area contributed by atoms with E-state index in [0.717, 1.165) is 28.9 Å². The maximum Gasteiger partial charge on any atom is 0.416 e. The highest BCUT2D eigenvalue weighted by Gasteiger charge is 2.34. The van der Waals surface area contributed by atoms with Crippen molar-refractivity contribution in [1.29, 1.82) is 0 Å². The molecule has 0 unspecified atom stereocenters. The lowest BCUT2D eigenvalue weighted by atomic mass is 9.96. The molecule has 180 valence electrons. The van der Waals surface area contributed by atoms with E-state index in [4.69, 9.17) is 0 Å². The van der Waals surface area contributed by atoms with Crippen LogP contribution in [0.4, 0.5) is 18.9 Å². The molecule has 1 aliphatic rings. The molecule has 3 aromatic rings. The summed E-state index contributed by atoms with van der Waals surface area (Å²) in [6, 6.07) is 22.2. The number of sulfone groups is 1. The first-order chi connectivity index (χ1) is 16.0. The molecule has 1 saturated heterocycles. The molecule has 1 fully saturated rings. The Balaban J connectivity index is 1.63. The van der Waals surface area contributed by atoms with E-state index >= 15 is 0 Å². The molecule has 0 aromatic heterocycles. The molecule has 2 atom stereocenters. The second-order valence-electron chi connectivity index (χ2n) is 8.68. The topological polar surface area (TPSA) is 40.6 Å². The molecule has 0 aliphatic carbocycles. The monoisotopic (exact) mass is 488 g/mol. The number of benzene rings is 3. The zero-order chi connectivity index (χ0) is 24.5. The van der Waals surface area contributed by atoms with Crippen LogP contribution in [0, 0.1) is 0 Å². The lowest BCUT2D eigenvalue weighted by molar-refractivity contribution is -0.137. The highest BCUT2D eigenvalue weighted by molar-refractivity contribution is 7.90. The number of nitrogens with zero attached hydrogens (tertiary/aromatic N) is 2. The quantitative estimate of drug-likeness (QED) is 0.460. The number of rotatable bonds is 5. The number of alkyl halides is 3. The number of anilines is 1. The van der Waals surface area contributed by atoms with Crippen molar-refractivity contribution < 1.29 is 21.6 Å².